The standard InChI is InChI=1S/C40H40N12/c41-37-19-33-29(23-45-37)49-31-25-47-39(21-35(31)51(33)27-13-7-5-8-14-27)43-17-11-3-1-2-4-12-18-44-40-22-36-32(26-48-40)50-30-24-46-38(42)20-34(30)52(36)28-15-9-6-10-16-28/h5-10,13-16,19-26,35,43H,1-4,11-12,17-18H2,(H4,41,42,44,45,46,47,48)/p+1. The monoisotopic (exact) mass is 689 g/mol. The molecule has 2 aromatic carbocycles. The Balaban J connectivity index is 0.809. The summed E-state index contributed by atoms with van der Waals surface area (Å²) in [5.74, 6) is 2.62. The third kappa shape index (κ3) is 6.95. The van der Waals surface area contributed by atoms with Crippen LogP contribution in [0, 0.1) is 0 Å². The maximum atomic E-state index is 6.08. The van der Waals surface area contributed by atoms with Gasteiger partial charge in [-0.15, -0.1) is 4.57 Å². The van der Waals surface area contributed by atoms with Gasteiger partial charge < -0.3 is 27.0 Å². The van der Waals surface area contributed by atoms with Crippen molar-refractivity contribution < 1.29 is 4.57 Å². The second-order valence-corrected chi connectivity index (χ2v) is 13.0. The zero-order valence-electron chi connectivity index (χ0n) is 28.9. The van der Waals surface area contributed by atoms with E-state index in [9.17, 15) is 0 Å². The molecule has 0 fully saturated rings. The van der Waals surface area contributed by atoms with Crippen LogP contribution in [0.25, 0.3) is 27.8 Å². The molecule has 2 aliphatic heterocycles. The zero-order valence-corrected chi connectivity index (χ0v) is 28.9. The van der Waals surface area contributed by atoms with Crippen LogP contribution in [-0.2, 0) is 0 Å². The van der Waals surface area contributed by atoms with Gasteiger partial charge >= 0.3 is 0 Å². The number of aromatic nitrogens is 5. The highest BCUT2D eigenvalue weighted by Gasteiger charge is 2.32. The molecule has 12 nitrogen and oxygen atoms in total. The van der Waals surface area contributed by atoms with Crippen molar-refractivity contribution in [2.24, 2.45) is 9.98 Å². The van der Waals surface area contributed by atoms with Crippen molar-refractivity contribution in [2.75, 3.05) is 34.8 Å². The Kier molecular flexibility index (Phi) is 9.33. The molecule has 0 aliphatic carbocycles. The second-order valence-electron chi connectivity index (χ2n) is 13.0. The SMILES string of the molecule is Nc1cc2c(cn1)N=C1C=NC(NCCCCCCCCNc3cc4c(cn3)nc3cnc(N)cc3[n+]4-c3ccccc3)=CC1N2c1ccccc1. The molecule has 4 aromatic heterocycles. The minimum Gasteiger partial charge on any atom is -0.384 e. The van der Waals surface area contributed by atoms with E-state index in [2.05, 4.69) is 76.5 Å². The molecule has 0 spiro atoms. The van der Waals surface area contributed by atoms with Gasteiger partial charge in [0.25, 0.3) is 0 Å². The van der Waals surface area contributed by atoms with Crippen molar-refractivity contribution in [3.05, 3.63) is 109 Å². The summed E-state index contributed by atoms with van der Waals surface area (Å²) >= 11 is 0. The van der Waals surface area contributed by atoms with E-state index in [1.54, 1.807) is 12.4 Å². The van der Waals surface area contributed by atoms with Gasteiger partial charge in [0.1, 0.15) is 35.0 Å². The summed E-state index contributed by atoms with van der Waals surface area (Å²) in [4.78, 5) is 29.8. The molecule has 1 unspecified atom stereocenters. The van der Waals surface area contributed by atoms with Crippen molar-refractivity contribution >= 4 is 68.5 Å². The minimum absolute atomic E-state index is 0.0896. The predicted molar refractivity (Wildman–Crippen MR) is 210 cm³/mol. The van der Waals surface area contributed by atoms with Crippen LogP contribution in [0.2, 0.25) is 0 Å². The smallest absolute Gasteiger partial charge is 0.242 e. The molecule has 6 heterocycles. The maximum Gasteiger partial charge on any atom is 0.242 e. The number of unbranched alkanes of at least 4 members (excludes halogenated alkanes) is 5. The molecule has 0 saturated heterocycles. The molecule has 6 aromatic rings. The molecule has 0 bridgehead atoms. The fourth-order valence-electron chi connectivity index (χ4n) is 6.83. The quantitative estimate of drug-likeness (QED) is 0.0597. The Morgan fingerprint density at radius 1 is 0.692 bits per heavy atom. The zero-order chi connectivity index (χ0) is 35.3. The number of fused-ring (bicyclic) bond motifs is 4. The van der Waals surface area contributed by atoms with Crippen LogP contribution in [0.4, 0.5) is 34.5 Å². The van der Waals surface area contributed by atoms with Gasteiger partial charge in [0, 0.05) is 37.0 Å². The third-order valence-electron chi connectivity index (χ3n) is 9.36. The molecule has 260 valence electrons. The first-order chi connectivity index (χ1) is 25.6. The number of nitrogens with zero attached hydrogens (tertiary/aromatic N) is 8. The summed E-state index contributed by atoms with van der Waals surface area (Å²) in [5, 5.41) is 7.07. The lowest BCUT2D eigenvalue weighted by atomic mass is 10.0. The van der Waals surface area contributed by atoms with Crippen LogP contribution < -0.4 is 31.6 Å². The lowest BCUT2D eigenvalue weighted by Crippen LogP contribution is -2.42. The average molecular weight is 690 g/mol. The van der Waals surface area contributed by atoms with Gasteiger partial charge in [-0.3, -0.25) is 0 Å². The van der Waals surface area contributed by atoms with Crippen molar-refractivity contribution in [1.29, 1.82) is 0 Å². The normalized spacial score (nSPS) is 14.8. The van der Waals surface area contributed by atoms with E-state index in [-0.39, 0.29) is 6.04 Å². The van der Waals surface area contributed by atoms with Gasteiger partial charge in [-0.05, 0) is 31.1 Å². The number of benzene rings is 2. The second kappa shape index (κ2) is 14.8. The highest BCUT2D eigenvalue weighted by Crippen LogP contribution is 2.41. The largest absolute Gasteiger partial charge is 0.384 e. The Morgan fingerprint density at radius 2 is 1.35 bits per heavy atom. The van der Waals surface area contributed by atoms with E-state index in [4.69, 9.17) is 21.4 Å². The summed E-state index contributed by atoms with van der Waals surface area (Å²) in [5.41, 5.74) is 20.3. The summed E-state index contributed by atoms with van der Waals surface area (Å²) in [6, 6.07) is 26.3. The first kappa shape index (κ1) is 32.8. The number of para-hydroxylation sites is 2. The maximum absolute atomic E-state index is 6.08. The van der Waals surface area contributed by atoms with Gasteiger partial charge in [0.2, 0.25) is 16.7 Å². The van der Waals surface area contributed by atoms with E-state index >= 15 is 0 Å². The van der Waals surface area contributed by atoms with Gasteiger partial charge in [-0.2, -0.15) is 0 Å². The number of aliphatic imine (C=N–C) groups is 2. The Bertz CT molecular complexity index is 2300. The molecular formula is C40H41N12+. The lowest BCUT2D eigenvalue weighted by molar-refractivity contribution is -0.538. The number of pyridine rings is 3. The van der Waals surface area contributed by atoms with Crippen molar-refractivity contribution in [2.45, 2.75) is 44.6 Å². The third-order valence-corrected chi connectivity index (χ3v) is 9.36. The number of anilines is 5. The van der Waals surface area contributed by atoms with Crippen LogP contribution in [0.5, 0.6) is 0 Å². The van der Waals surface area contributed by atoms with E-state index < -0.39 is 0 Å². The molecule has 1 atom stereocenters. The number of hydrogen-bond donors (Lipinski definition) is 4. The molecule has 12 heteroatoms. The summed E-state index contributed by atoms with van der Waals surface area (Å²) in [6.45, 7) is 1.72. The Labute approximate surface area is 302 Å². The van der Waals surface area contributed by atoms with Crippen LogP contribution >= 0.6 is 0 Å². The van der Waals surface area contributed by atoms with E-state index in [1.807, 2.05) is 60.9 Å². The number of hydrogen-bond acceptors (Lipinski definition) is 11. The molecule has 0 radical (unpaired) electrons. The van der Waals surface area contributed by atoms with Gasteiger partial charge in [0.05, 0.1) is 48.3 Å². The van der Waals surface area contributed by atoms with Crippen LogP contribution in [0.1, 0.15) is 38.5 Å². The fraction of sp³-hybridized carbons (Fsp3) is 0.225. The molecule has 6 N–H and O–H groups in total. The topological polar surface area (TPSA) is 160 Å². The van der Waals surface area contributed by atoms with Gasteiger partial charge in [0.15, 0.2) is 11.0 Å². The van der Waals surface area contributed by atoms with Crippen molar-refractivity contribution in [3.63, 3.8) is 0 Å². The van der Waals surface area contributed by atoms with Gasteiger partial charge in [-0.25, -0.2) is 29.9 Å². The highest BCUT2D eigenvalue weighted by atomic mass is 15.2. The lowest BCUT2D eigenvalue weighted by Gasteiger charge is -2.37. The van der Waals surface area contributed by atoms with Crippen molar-refractivity contribution in [3.8, 4) is 5.69 Å². The molecule has 0 saturated carbocycles. The van der Waals surface area contributed by atoms with Crippen LogP contribution in [0.3, 0.4) is 0 Å². The summed E-state index contributed by atoms with van der Waals surface area (Å²) < 4.78 is 2.17. The molecule has 8 rings (SSSR count). The number of nitrogens with one attached hydrogen (secondary N) is 2. The number of nitrogen functional groups attached to an aromatic ring is 2. The Hall–Kier alpha value is -6.43. The van der Waals surface area contributed by atoms with Crippen LogP contribution in [-0.4, -0.2) is 51.0 Å². The number of nitrogens with two attached hydrogens (primary N) is 2. The number of rotatable bonds is 13. The van der Waals surface area contributed by atoms with Crippen molar-refractivity contribution in [1.82, 2.24) is 25.3 Å². The highest BCUT2D eigenvalue weighted by molar-refractivity contribution is 6.37. The molecule has 52 heavy (non-hydrogen) atoms. The fourth-order valence-corrected chi connectivity index (χ4v) is 6.83. The first-order valence-electron chi connectivity index (χ1n) is 17.9. The van der Waals surface area contributed by atoms with Crippen LogP contribution in [0.15, 0.2) is 119 Å². The van der Waals surface area contributed by atoms with Gasteiger partial charge in [-0.1, -0.05) is 62.1 Å². The minimum atomic E-state index is -0.0896. The summed E-state index contributed by atoms with van der Waals surface area (Å²) in [7, 11) is 0. The average Bonchev–Trinajstić information content (AvgIpc) is 3.17. The van der Waals surface area contributed by atoms with E-state index in [1.165, 1.54) is 12.8 Å². The van der Waals surface area contributed by atoms with E-state index in [0.717, 1.165) is 101 Å². The Morgan fingerprint density at radius 3 is 2.13 bits per heavy atom. The van der Waals surface area contributed by atoms with E-state index in [0.29, 0.717) is 11.6 Å². The molecule has 0 amide bonds. The summed E-state index contributed by atoms with van der Waals surface area (Å²) in [6.07, 6.45) is 16.1. The first-order valence-corrected chi connectivity index (χ1v) is 17.9. The molecular weight excluding hydrogens is 649 g/mol. The molecule has 2 aliphatic rings. The predicted octanol–water partition coefficient (Wildman–Crippen LogP) is 6.58.